The monoisotopic (exact) mass is 334 g/mol. The maximum Gasteiger partial charge on any atom is 0.325 e. The first kappa shape index (κ1) is 14.9. The van der Waals surface area contributed by atoms with E-state index in [4.69, 9.17) is 4.74 Å². The van der Waals surface area contributed by atoms with Crippen LogP contribution in [-0.2, 0) is 6.61 Å². The number of hydrogen-bond donors (Lipinski definition) is 3. The number of fused-ring (bicyclic) bond motifs is 1. The zero-order valence-corrected chi connectivity index (χ0v) is 13.1. The van der Waals surface area contributed by atoms with E-state index in [1.165, 1.54) is 0 Å². The van der Waals surface area contributed by atoms with E-state index in [1.54, 1.807) is 6.07 Å². The van der Waals surface area contributed by atoms with Crippen LogP contribution in [0.15, 0.2) is 64.2 Å². The van der Waals surface area contributed by atoms with Gasteiger partial charge in [-0.15, -0.1) is 0 Å². The minimum atomic E-state index is -0.473. The highest BCUT2D eigenvalue weighted by atomic mass is 16.5. The van der Waals surface area contributed by atoms with Crippen LogP contribution in [0.2, 0.25) is 0 Å². The molecule has 0 aliphatic carbocycles. The average molecular weight is 334 g/mol. The van der Waals surface area contributed by atoms with Crippen LogP contribution < -0.4 is 16.0 Å². The molecular weight excluding hydrogens is 320 g/mol. The molecule has 4 rings (SSSR count). The Morgan fingerprint density at radius 1 is 0.880 bits per heavy atom. The van der Waals surface area contributed by atoms with Gasteiger partial charge in [0, 0.05) is 0 Å². The van der Waals surface area contributed by atoms with Crippen molar-refractivity contribution in [3.8, 4) is 17.1 Å². The third kappa shape index (κ3) is 2.94. The van der Waals surface area contributed by atoms with Crippen molar-refractivity contribution >= 4 is 11.2 Å². The predicted molar refractivity (Wildman–Crippen MR) is 93.5 cm³/mol. The molecule has 2 aromatic heterocycles. The van der Waals surface area contributed by atoms with Crippen LogP contribution in [0.3, 0.4) is 0 Å². The standard InChI is InChI=1S/C18H14N4O3/c23-17-14-16(22-18(24)19-14)20-15(21-17)12-8-4-5-9-13(12)25-10-11-6-2-1-3-7-11/h1-9H,10H2,(H3,19,20,21,22,23,24). The third-order valence-corrected chi connectivity index (χ3v) is 3.77. The van der Waals surface area contributed by atoms with Crippen LogP contribution in [-0.4, -0.2) is 19.9 Å². The summed E-state index contributed by atoms with van der Waals surface area (Å²) in [5.74, 6) is 0.920. The van der Waals surface area contributed by atoms with Crippen molar-refractivity contribution in [1.82, 2.24) is 19.9 Å². The van der Waals surface area contributed by atoms with Gasteiger partial charge in [0.2, 0.25) is 0 Å². The number of nitrogens with zero attached hydrogens (tertiary/aromatic N) is 1. The van der Waals surface area contributed by atoms with Crippen molar-refractivity contribution in [2.75, 3.05) is 0 Å². The number of aromatic amines is 3. The first-order valence-electron chi connectivity index (χ1n) is 7.69. The van der Waals surface area contributed by atoms with Gasteiger partial charge in [-0.3, -0.25) is 14.8 Å². The van der Waals surface area contributed by atoms with Gasteiger partial charge in [-0.25, -0.2) is 9.78 Å². The van der Waals surface area contributed by atoms with Crippen molar-refractivity contribution in [3.05, 3.63) is 81.0 Å². The molecule has 0 atom stereocenters. The number of para-hydroxylation sites is 1. The van der Waals surface area contributed by atoms with Crippen molar-refractivity contribution in [2.45, 2.75) is 6.61 Å². The van der Waals surface area contributed by atoms with Gasteiger partial charge in [0.05, 0.1) is 5.56 Å². The van der Waals surface area contributed by atoms with Crippen molar-refractivity contribution in [1.29, 1.82) is 0 Å². The zero-order valence-electron chi connectivity index (χ0n) is 13.1. The fourth-order valence-electron chi connectivity index (χ4n) is 2.58. The molecule has 0 unspecified atom stereocenters. The molecule has 4 aromatic rings. The highest BCUT2D eigenvalue weighted by Crippen LogP contribution is 2.27. The Morgan fingerprint density at radius 3 is 2.48 bits per heavy atom. The van der Waals surface area contributed by atoms with Gasteiger partial charge in [-0.1, -0.05) is 42.5 Å². The molecule has 0 aliphatic rings. The van der Waals surface area contributed by atoms with Crippen LogP contribution in [0.4, 0.5) is 0 Å². The number of ether oxygens (including phenoxy) is 1. The van der Waals surface area contributed by atoms with Crippen LogP contribution >= 0.6 is 0 Å². The van der Waals surface area contributed by atoms with Gasteiger partial charge in [0.1, 0.15) is 18.2 Å². The Labute approximate surface area is 141 Å². The van der Waals surface area contributed by atoms with Crippen molar-refractivity contribution in [2.24, 2.45) is 0 Å². The second-order valence-electron chi connectivity index (χ2n) is 5.49. The molecule has 25 heavy (non-hydrogen) atoms. The molecule has 0 fully saturated rings. The summed E-state index contributed by atoms with van der Waals surface area (Å²) in [6.45, 7) is 0.394. The minimum absolute atomic E-state index is 0.122. The summed E-state index contributed by atoms with van der Waals surface area (Å²) < 4.78 is 5.89. The number of H-pyrrole nitrogens is 3. The smallest absolute Gasteiger partial charge is 0.325 e. The molecule has 0 aliphatic heterocycles. The fraction of sp³-hybridized carbons (Fsp3) is 0.0556. The number of rotatable bonds is 4. The molecule has 0 radical (unpaired) electrons. The molecule has 7 nitrogen and oxygen atoms in total. The summed E-state index contributed by atoms with van der Waals surface area (Å²) >= 11 is 0. The first-order valence-corrected chi connectivity index (χ1v) is 7.69. The van der Waals surface area contributed by atoms with Crippen LogP contribution in [0, 0.1) is 0 Å². The maximum absolute atomic E-state index is 12.2. The van der Waals surface area contributed by atoms with E-state index in [1.807, 2.05) is 48.5 Å². The molecule has 124 valence electrons. The lowest BCUT2D eigenvalue weighted by Gasteiger charge is -2.11. The summed E-state index contributed by atoms with van der Waals surface area (Å²) in [5.41, 5.74) is 1.11. The number of imidazole rings is 1. The van der Waals surface area contributed by atoms with E-state index in [0.717, 1.165) is 5.56 Å². The van der Waals surface area contributed by atoms with Crippen molar-refractivity contribution < 1.29 is 4.74 Å². The van der Waals surface area contributed by atoms with E-state index < -0.39 is 11.2 Å². The second kappa shape index (κ2) is 6.12. The Hall–Kier alpha value is -3.61. The quantitative estimate of drug-likeness (QED) is 0.532. The van der Waals surface area contributed by atoms with Gasteiger partial charge < -0.3 is 9.72 Å². The summed E-state index contributed by atoms with van der Waals surface area (Å²) in [7, 11) is 0. The molecule has 2 heterocycles. The topological polar surface area (TPSA) is 104 Å². The van der Waals surface area contributed by atoms with Gasteiger partial charge in [0.25, 0.3) is 5.56 Å². The summed E-state index contributed by atoms with van der Waals surface area (Å²) in [6.07, 6.45) is 0. The third-order valence-electron chi connectivity index (χ3n) is 3.77. The van der Waals surface area contributed by atoms with E-state index in [0.29, 0.717) is 23.7 Å². The largest absolute Gasteiger partial charge is 0.488 e. The number of aromatic nitrogens is 4. The minimum Gasteiger partial charge on any atom is -0.488 e. The average Bonchev–Trinajstić information content (AvgIpc) is 3.02. The number of nitrogens with one attached hydrogen (secondary N) is 3. The number of hydrogen-bond acceptors (Lipinski definition) is 4. The Morgan fingerprint density at radius 2 is 1.64 bits per heavy atom. The van der Waals surface area contributed by atoms with E-state index in [9.17, 15) is 9.59 Å². The Balaban J connectivity index is 1.73. The van der Waals surface area contributed by atoms with E-state index in [-0.39, 0.29) is 11.2 Å². The first-order chi connectivity index (χ1) is 12.2. The molecule has 0 saturated carbocycles. The molecule has 0 saturated heterocycles. The highest BCUT2D eigenvalue weighted by Gasteiger charge is 2.12. The summed E-state index contributed by atoms with van der Waals surface area (Å²) in [5, 5.41) is 0. The summed E-state index contributed by atoms with van der Waals surface area (Å²) in [4.78, 5) is 35.5. The maximum atomic E-state index is 12.2. The lowest BCUT2D eigenvalue weighted by atomic mass is 10.2. The lowest BCUT2D eigenvalue weighted by Crippen LogP contribution is -2.10. The van der Waals surface area contributed by atoms with Gasteiger partial charge in [-0.05, 0) is 17.7 Å². The van der Waals surface area contributed by atoms with Crippen LogP contribution in [0.25, 0.3) is 22.6 Å². The van der Waals surface area contributed by atoms with E-state index in [2.05, 4.69) is 19.9 Å². The molecular formula is C18H14N4O3. The van der Waals surface area contributed by atoms with Crippen LogP contribution in [0.1, 0.15) is 5.56 Å². The fourth-order valence-corrected chi connectivity index (χ4v) is 2.58. The second-order valence-corrected chi connectivity index (χ2v) is 5.49. The summed E-state index contributed by atoms with van der Waals surface area (Å²) in [6, 6.07) is 17.1. The number of benzene rings is 2. The Kier molecular flexibility index (Phi) is 3.66. The molecule has 0 amide bonds. The zero-order chi connectivity index (χ0) is 17.2. The molecule has 3 N–H and O–H groups in total. The van der Waals surface area contributed by atoms with Crippen LogP contribution in [0.5, 0.6) is 5.75 Å². The molecule has 0 spiro atoms. The van der Waals surface area contributed by atoms with Gasteiger partial charge in [0.15, 0.2) is 11.2 Å². The predicted octanol–water partition coefficient (Wildman–Crippen LogP) is 2.19. The molecule has 7 heteroatoms. The highest BCUT2D eigenvalue weighted by molar-refractivity contribution is 5.73. The Bertz CT molecular complexity index is 1140. The van der Waals surface area contributed by atoms with Gasteiger partial charge >= 0.3 is 5.69 Å². The van der Waals surface area contributed by atoms with Gasteiger partial charge in [-0.2, -0.15) is 0 Å². The SMILES string of the molecule is O=c1[nH]c2nc(-c3ccccc3OCc3ccccc3)[nH]c(=O)c2[nH]1. The molecule has 0 bridgehead atoms. The normalized spacial score (nSPS) is 10.9. The molecule has 2 aromatic carbocycles. The van der Waals surface area contributed by atoms with E-state index >= 15 is 0 Å². The lowest BCUT2D eigenvalue weighted by molar-refractivity contribution is 0.307. The van der Waals surface area contributed by atoms with Crippen molar-refractivity contribution in [3.63, 3.8) is 0 Å².